The van der Waals surface area contributed by atoms with Gasteiger partial charge in [-0.05, 0) is 0 Å². The Labute approximate surface area is 120 Å². The number of nitrogens with one attached hydrogen (secondary N) is 1. The van der Waals surface area contributed by atoms with Crippen molar-refractivity contribution in [3.8, 4) is 0 Å². The van der Waals surface area contributed by atoms with Crippen molar-refractivity contribution in [3.05, 3.63) is 0 Å². The fraction of sp³-hybridized carbons (Fsp3) is 0.800. The molecule has 4 nitrogen and oxygen atoms in total. The van der Waals surface area contributed by atoms with Gasteiger partial charge in [0.2, 0.25) is 0 Å². The van der Waals surface area contributed by atoms with Gasteiger partial charge in [-0.1, -0.05) is 0 Å². The zero-order valence-electron chi connectivity index (χ0n) is 9.88. The Hall–Kier alpha value is 0.400. The second kappa shape index (κ2) is 6.97. The number of carbonyl (C=O) groups excluding carboxylic acids is 1. The molecule has 0 aromatic heterocycles. The van der Waals surface area contributed by atoms with Crippen molar-refractivity contribution < 1.29 is 35.9 Å². The first-order chi connectivity index (χ1) is 7.19. The van der Waals surface area contributed by atoms with Gasteiger partial charge in [0.05, 0.1) is 0 Å². The molecule has 0 heterocycles. The quantitative estimate of drug-likeness (QED) is 0.298. The zero-order valence-corrected chi connectivity index (χ0v) is 14.2. The van der Waals surface area contributed by atoms with Crippen molar-refractivity contribution in [3.63, 3.8) is 0 Å². The minimum atomic E-state index is -0.921. The molecule has 0 saturated heterocycles. The summed E-state index contributed by atoms with van der Waals surface area (Å²) in [5.74, 6) is -1.47. The van der Waals surface area contributed by atoms with Crippen LogP contribution in [0.2, 0.25) is 0 Å². The van der Waals surface area contributed by atoms with E-state index >= 15 is 0 Å². The third kappa shape index (κ3) is 6.21. The number of alkyl halides is 3. The second-order valence-corrected chi connectivity index (χ2v) is 11.5. The number of hydrogen-bond acceptors (Lipinski definition) is 2. The molecule has 1 amide bonds. The van der Waals surface area contributed by atoms with Gasteiger partial charge >= 0.3 is 121 Å². The van der Waals surface area contributed by atoms with Crippen LogP contribution in [-0.2, 0) is 9.59 Å². The van der Waals surface area contributed by atoms with Crippen LogP contribution < -0.4 is 26.5 Å². The summed E-state index contributed by atoms with van der Waals surface area (Å²) in [6, 6.07) is 0. The van der Waals surface area contributed by atoms with Gasteiger partial charge in [0.15, 0.2) is 0 Å². The standard InChI is InChI=1S/C10H18I2NO3/c1-6(2)7(5-8(14)15)9(16)13-10(3,11)12-4/h6-7H,5H2,1-4H3,(H,13,16)(H,14,15)/q-1. The summed E-state index contributed by atoms with van der Waals surface area (Å²) in [7, 11) is 0. The average molecular weight is 454 g/mol. The summed E-state index contributed by atoms with van der Waals surface area (Å²) in [4.78, 5) is 24.7. The van der Waals surface area contributed by atoms with E-state index in [1.165, 1.54) is 0 Å². The van der Waals surface area contributed by atoms with Gasteiger partial charge in [-0.3, -0.25) is 0 Å². The van der Waals surface area contributed by atoms with E-state index in [0.29, 0.717) is 0 Å². The van der Waals surface area contributed by atoms with Crippen molar-refractivity contribution in [2.24, 2.45) is 11.8 Å². The number of rotatable bonds is 6. The topological polar surface area (TPSA) is 66.4 Å². The molecule has 0 rings (SSSR count). The molecule has 2 N–H and O–H groups in total. The normalized spacial score (nSPS) is 16.9. The fourth-order valence-electron chi connectivity index (χ4n) is 1.18. The molecule has 0 spiro atoms. The number of carboxylic acids is 1. The Kier molecular flexibility index (Phi) is 7.15. The van der Waals surface area contributed by atoms with E-state index in [1.54, 1.807) is 0 Å². The van der Waals surface area contributed by atoms with E-state index in [1.807, 2.05) is 20.8 Å². The molecular formula is C10H18I2NO3-. The number of hydrogen-bond donors (Lipinski definition) is 2. The summed E-state index contributed by atoms with van der Waals surface area (Å²) >= 11 is 2.08. The minimum absolute atomic E-state index is 0.0401. The third-order valence-corrected chi connectivity index (χ3v) is 7.53. The predicted octanol–water partition coefficient (Wildman–Crippen LogP) is -1.32. The number of amides is 1. The zero-order chi connectivity index (χ0) is 12.9. The molecule has 96 valence electrons. The van der Waals surface area contributed by atoms with Crippen molar-refractivity contribution in [1.29, 1.82) is 0 Å². The van der Waals surface area contributed by atoms with Gasteiger partial charge in [0.25, 0.3) is 0 Å². The van der Waals surface area contributed by atoms with Crippen LogP contribution in [0, 0.1) is 11.8 Å². The van der Waals surface area contributed by atoms with Crippen LogP contribution in [0.3, 0.4) is 0 Å². The van der Waals surface area contributed by atoms with Gasteiger partial charge < -0.3 is 0 Å². The van der Waals surface area contributed by atoms with Crippen LogP contribution in [0.5, 0.6) is 0 Å². The van der Waals surface area contributed by atoms with Crippen LogP contribution in [-0.4, -0.2) is 23.5 Å². The maximum atomic E-state index is 11.9. The molecule has 0 bridgehead atoms. The number of aliphatic carboxylic acids is 1. The van der Waals surface area contributed by atoms with Crippen LogP contribution in [0.4, 0.5) is 0 Å². The van der Waals surface area contributed by atoms with E-state index in [0.717, 1.165) is 0 Å². The molecule has 2 unspecified atom stereocenters. The Morgan fingerprint density at radius 1 is 1.50 bits per heavy atom. The average Bonchev–Trinajstić information content (AvgIpc) is 2.12. The van der Waals surface area contributed by atoms with Gasteiger partial charge in [-0.25, -0.2) is 0 Å². The van der Waals surface area contributed by atoms with E-state index < -0.39 is 11.9 Å². The van der Waals surface area contributed by atoms with Gasteiger partial charge in [0.1, 0.15) is 0 Å². The molecule has 0 saturated carbocycles. The van der Waals surface area contributed by atoms with Crippen molar-refractivity contribution in [2.75, 3.05) is 4.93 Å². The van der Waals surface area contributed by atoms with Crippen molar-refractivity contribution in [2.45, 2.75) is 28.7 Å². The van der Waals surface area contributed by atoms with Crippen molar-refractivity contribution in [1.82, 2.24) is 5.32 Å². The molecule has 0 fully saturated rings. The Balaban J connectivity index is 4.57. The summed E-state index contributed by atoms with van der Waals surface area (Å²) in [5, 5.41) is 11.7. The molecule has 2 atom stereocenters. The first-order valence-corrected chi connectivity index (χ1v) is 9.24. The molecule has 0 aliphatic heterocycles. The molecular weight excluding hydrogens is 436 g/mol. The Bertz CT molecular complexity index is 267. The Morgan fingerprint density at radius 2 is 2.00 bits per heavy atom. The molecule has 0 radical (unpaired) electrons. The number of carbonyl (C=O) groups is 2. The summed E-state index contributed by atoms with van der Waals surface area (Å²) < 4.78 is -0.195. The first-order valence-electron chi connectivity index (χ1n) is 4.93. The summed E-state index contributed by atoms with van der Waals surface area (Å²) in [6.45, 7) is 5.72. The molecule has 0 aromatic rings. The van der Waals surface area contributed by atoms with E-state index in [4.69, 9.17) is 5.11 Å². The van der Waals surface area contributed by atoms with Crippen LogP contribution >= 0.6 is 22.6 Å². The first kappa shape index (κ1) is 16.4. The van der Waals surface area contributed by atoms with Crippen LogP contribution in [0.25, 0.3) is 0 Å². The second-order valence-electron chi connectivity index (χ2n) is 4.01. The van der Waals surface area contributed by atoms with E-state index in [2.05, 4.69) is 32.8 Å². The van der Waals surface area contributed by atoms with Crippen LogP contribution in [0.1, 0.15) is 27.2 Å². The summed E-state index contributed by atoms with van der Waals surface area (Å²) in [5.41, 5.74) is 0. The molecule has 6 heteroatoms. The SMILES string of the molecule is C[I-]C(C)(I)NC(=O)C(CC(=O)O)C(C)C. The number of halogens is 2. The van der Waals surface area contributed by atoms with Gasteiger partial charge in [-0.2, -0.15) is 0 Å². The fourth-order valence-corrected chi connectivity index (χ4v) is 1.98. The van der Waals surface area contributed by atoms with Crippen molar-refractivity contribution >= 4 is 34.5 Å². The number of carboxylic acid groups (broad SMARTS) is 1. The van der Waals surface area contributed by atoms with Gasteiger partial charge in [-0.15, -0.1) is 0 Å². The van der Waals surface area contributed by atoms with Crippen LogP contribution in [0.15, 0.2) is 0 Å². The molecule has 0 aliphatic carbocycles. The Morgan fingerprint density at radius 3 is 2.31 bits per heavy atom. The molecule has 16 heavy (non-hydrogen) atoms. The van der Waals surface area contributed by atoms with E-state index in [-0.39, 0.29) is 41.0 Å². The third-order valence-electron chi connectivity index (χ3n) is 2.23. The predicted molar refractivity (Wildman–Crippen MR) is 67.1 cm³/mol. The maximum absolute atomic E-state index is 11.9. The monoisotopic (exact) mass is 454 g/mol. The summed E-state index contributed by atoms with van der Waals surface area (Å²) in [6.07, 6.45) is -0.0990. The van der Waals surface area contributed by atoms with Gasteiger partial charge in [0, 0.05) is 0 Å². The molecule has 0 aliphatic rings. The molecule has 0 aromatic carbocycles. The van der Waals surface area contributed by atoms with E-state index in [9.17, 15) is 9.59 Å².